The summed E-state index contributed by atoms with van der Waals surface area (Å²) >= 11 is 0. The maximum Gasteiger partial charge on any atom is 0.341 e. The van der Waals surface area contributed by atoms with Crippen LogP contribution in [0.25, 0.3) is 0 Å². The van der Waals surface area contributed by atoms with Gasteiger partial charge in [0.05, 0.1) is 23.7 Å². The largest absolute Gasteiger partial charge is 0.458 e. The zero-order valence-corrected chi connectivity index (χ0v) is 20.5. The van der Waals surface area contributed by atoms with Crippen LogP contribution in [-0.2, 0) is 33.3 Å². The second-order valence-electron chi connectivity index (χ2n) is 10.7. The number of epoxide rings is 1. The summed E-state index contributed by atoms with van der Waals surface area (Å²) in [7, 11) is 0. The lowest BCUT2D eigenvalue weighted by Crippen LogP contribution is -2.72. The Morgan fingerprint density at radius 3 is 2.41 bits per heavy atom. The van der Waals surface area contributed by atoms with Crippen molar-refractivity contribution in [3.63, 3.8) is 0 Å². The lowest BCUT2D eigenvalue weighted by atomic mass is 9.49. The first kappa shape index (κ1) is 24.9. The van der Waals surface area contributed by atoms with Gasteiger partial charge in [0.15, 0.2) is 5.60 Å². The van der Waals surface area contributed by atoms with Crippen molar-refractivity contribution >= 4 is 17.9 Å². The number of carbonyl (C=O) groups excluding carboxylic acids is 3. The molecule has 4 fully saturated rings. The molecular weight excluding hydrogens is 444 g/mol. The van der Waals surface area contributed by atoms with Crippen LogP contribution in [0.1, 0.15) is 54.4 Å². The summed E-state index contributed by atoms with van der Waals surface area (Å²) < 4.78 is 23.0. The fourth-order valence-corrected chi connectivity index (χ4v) is 6.10. The SMILES string of the molecule is C=C1C(=O)O[C@@H]2[C@H]1[C@H](OC(=O)[C@@]1(C)O[C@H]1C)[C@@H](OC(=O)/C(C)=C/C)[C@@]1(C)[C@H](O)CC[C@](C)(O)[C@H]21. The molecule has 2 aliphatic heterocycles. The van der Waals surface area contributed by atoms with E-state index in [0.29, 0.717) is 5.57 Å². The molecule has 0 spiro atoms. The van der Waals surface area contributed by atoms with E-state index in [4.69, 9.17) is 18.9 Å². The van der Waals surface area contributed by atoms with Crippen LogP contribution in [0.2, 0.25) is 0 Å². The number of aliphatic hydroxyl groups is 2. The van der Waals surface area contributed by atoms with E-state index in [9.17, 15) is 24.6 Å². The summed E-state index contributed by atoms with van der Waals surface area (Å²) in [6, 6.07) is 0. The van der Waals surface area contributed by atoms with Gasteiger partial charge in [-0.2, -0.15) is 0 Å². The molecule has 0 aromatic heterocycles. The first-order valence-corrected chi connectivity index (χ1v) is 11.7. The van der Waals surface area contributed by atoms with Crippen molar-refractivity contribution in [3.8, 4) is 0 Å². The number of hydrogen-bond donors (Lipinski definition) is 2. The van der Waals surface area contributed by atoms with Crippen molar-refractivity contribution in [2.24, 2.45) is 17.3 Å². The number of rotatable bonds is 4. The summed E-state index contributed by atoms with van der Waals surface area (Å²) in [6.45, 7) is 13.8. The molecule has 10 atom stereocenters. The molecule has 34 heavy (non-hydrogen) atoms. The van der Waals surface area contributed by atoms with Gasteiger partial charge in [-0.15, -0.1) is 0 Å². The lowest BCUT2D eigenvalue weighted by molar-refractivity contribution is -0.277. The minimum Gasteiger partial charge on any atom is -0.458 e. The van der Waals surface area contributed by atoms with E-state index in [0.717, 1.165) is 0 Å². The van der Waals surface area contributed by atoms with Crippen molar-refractivity contribution in [1.82, 2.24) is 0 Å². The Morgan fingerprint density at radius 2 is 1.85 bits per heavy atom. The molecule has 4 aliphatic rings. The van der Waals surface area contributed by atoms with Crippen LogP contribution in [0.3, 0.4) is 0 Å². The zero-order chi connectivity index (χ0) is 25.4. The van der Waals surface area contributed by atoms with E-state index in [1.807, 2.05) is 0 Å². The van der Waals surface area contributed by atoms with Crippen LogP contribution in [0.15, 0.2) is 23.8 Å². The third kappa shape index (κ3) is 3.43. The zero-order valence-electron chi connectivity index (χ0n) is 20.5. The van der Waals surface area contributed by atoms with Crippen LogP contribution in [0.5, 0.6) is 0 Å². The van der Waals surface area contributed by atoms with E-state index in [-0.39, 0.29) is 24.5 Å². The fraction of sp³-hybridized carbons (Fsp3) is 0.720. The third-order valence-electron chi connectivity index (χ3n) is 8.62. The average Bonchev–Trinajstić information content (AvgIpc) is 3.29. The van der Waals surface area contributed by atoms with E-state index < -0.39 is 70.8 Å². The highest BCUT2D eigenvalue weighted by atomic mass is 16.7. The van der Waals surface area contributed by atoms with Crippen molar-refractivity contribution in [2.75, 3.05) is 0 Å². The Hall–Kier alpha value is -2.23. The van der Waals surface area contributed by atoms with E-state index in [1.165, 1.54) is 0 Å². The van der Waals surface area contributed by atoms with Crippen LogP contribution < -0.4 is 0 Å². The Morgan fingerprint density at radius 1 is 1.24 bits per heavy atom. The van der Waals surface area contributed by atoms with Gasteiger partial charge in [0.1, 0.15) is 18.3 Å². The van der Waals surface area contributed by atoms with Gasteiger partial charge in [-0.05, 0) is 47.5 Å². The molecule has 0 unspecified atom stereocenters. The first-order chi connectivity index (χ1) is 15.7. The highest BCUT2D eigenvalue weighted by molar-refractivity contribution is 5.92. The number of hydrogen-bond acceptors (Lipinski definition) is 9. The molecule has 2 saturated carbocycles. The summed E-state index contributed by atoms with van der Waals surface area (Å²) in [5.74, 6) is -3.66. The second kappa shape index (κ2) is 7.90. The highest BCUT2D eigenvalue weighted by Gasteiger charge is 2.72. The number of allylic oxidation sites excluding steroid dienone is 1. The van der Waals surface area contributed by atoms with Crippen LogP contribution in [0, 0.1) is 17.3 Å². The summed E-state index contributed by atoms with van der Waals surface area (Å²) in [6.07, 6.45) is -2.60. The number of carbonyl (C=O) groups is 3. The van der Waals surface area contributed by atoms with E-state index in [1.54, 1.807) is 47.6 Å². The monoisotopic (exact) mass is 478 g/mol. The van der Waals surface area contributed by atoms with E-state index in [2.05, 4.69) is 6.58 Å². The minimum atomic E-state index is -1.35. The minimum absolute atomic E-state index is 0.0689. The molecule has 0 aromatic rings. The quantitative estimate of drug-likeness (QED) is 0.268. The molecule has 0 amide bonds. The normalized spacial score (nSPS) is 47.9. The molecule has 4 rings (SSSR count). The van der Waals surface area contributed by atoms with Crippen molar-refractivity contribution in [3.05, 3.63) is 23.8 Å². The van der Waals surface area contributed by atoms with Crippen molar-refractivity contribution < 1.29 is 43.5 Å². The molecule has 2 N–H and O–H groups in total. The maximum absolute atomic E-state index is 13.1. The van der Waals surface area contributed by atoms with Gasteiger partial charge in [-0.1, -0.05) is 19.6 Å². The fourth-order valence-electron chi connectivity index (χ4n) is 6.10. The summed E-state index contributed by atoms with van der Waals surface area (Å²) in [4.78, 5) is 38.7. The van der Waals surface area contributed by atoms with Crippen molar-refractivity contribution in [1.29, 1.82) is 0 Å². The molecule has 9 heteroatoms. The van der Waals surface area contributed by atoms with Gasteiger partial charge in [0.2, 0.25) is 0 Å². The average molecular weight is 479 g/mol. The Kier molecular flexibility index (Phi) is 5.78. The third-order valence-corrected chi connectivity index (χ3v) is 8.62. The number of ether oxygens (including phenoxy) is 4. The smallest absolute Gasteiger partial charge is 0.341 e. The van der Waals surface area contributed by atoms with Gasteiger partial charge in [-0.25, -0.2) is 14.4 Å². The Bertz CT molecular complexity index is 967. The molecule has 0 radical (unpaired) electrons. The molecular formula is C25H34O9. The van der Waals surface area contributed by atoms with Crippen LogP contribution in [-0.4, -0.2) is 69.8 Å². The highest BCUT2D eigenvalue weighted by Crippen LogP contribution is 2.60. The molecule has 2 heterocycles. The van der Waals surface area contributed by atoms with Crippen LogP contribution >= 0.6 is 0 Å². The first-order valence-electron chi connectivity index (χ1n) is 11.7. The van der Waals surface area contributed by atoms with Gasteiger partial charge in [0.25, 0.3) is 0 Å². The molecule has 0 bridgehead atoms. The number of fused-ring (bicyclic) bond motifs is 3. The summed E-state index contributed by atoms with van der Waals surface area (Å²) in [5.41, 5.74) is -3.41. The lowest BCUT2D eigenvalue weighted by Gasteiger charge is -2.61. The van der Waals surface area contributed by atoms with Gasteiger partial charge < -0.3 is 29.2 Å². The molecule has 2 saturated heterocycles. The molecule has 9 nitrogen and oxygen atoms in total. The maximum atomic E-state index is 13.1. The number of aliphatic hydroxyl groups excluding tert-OH is 1. The molecule has 188 valence electrons. The molecule has 0 aromatic carbocycles. The second-order valence-corrected chi connectivity index (χ2v) is 10.7. The van der Waals surface area contributed by atoms with Gasteiger partial charge in [0, 0.05) is 22.5 Å². The predicted molar refractivity (Wildman–Crippen MR) is 118 cm³/mol. The predicted octanol–water partition coefficient (Wildman–Crippen LogP) is 1.59. The summed E-state index contributed by atoms with van der Waals surface area (Å²) in [5, 5.41) is 22.7. The van der Waals surface area contributed by atoms with Crippen molar-refractivity contribution in [2.45, 2.75) is 96.1 Å². The van der Waals surface area contributed by atoms with Crippen LogP contribution in [0.4, 0.5) is 0 Å². The number of esters is 3. The molecule has 2 aliphatic carbocycles. The topological polar surface area (TPSA) is 132 Å². The van der Waals surface area contributed by atoms with Gasteiger partial charge in [-0.3, -0.25) is 0 Å². The Labute approximate surface area is 199 Å². The van der Waals surface area contributed by atoms with E-state index >= 15 is 0 Å². The Balaban J connectivity index is 1.85. The standard InChI is InChI=1S/C25H34O9/c1-8-11(2)20(27)33-19-17(32-22(29)25(7)13(4)34-25)15-12(3)21(28)31-16(15)18-23(5,30)10-9-14(26)24(18,19)6/h8,13-19,26,30H,3,9-10H2,1-2,4-7H3/b11-8+/t13-,14+,15-,16+,17-,18-,19+,23-,24-,25-/m0/s1. The van der Waals surface area contributed by atoms with Gasteiger partial charge >= 0.3 is 17.9 Å².